The molecule has 1 saturated heterocycles. The topological polar surface area (TPSA) is 99.1 Å². The summed E-state index contributed by atoms with van der Waals surface area (Å²) in [4.78, 5) is 34.0. The molecule has 1 aromatic carbocycles. The summed E-state index contributed by atoms with van der Waals surface area (Å²) in [7, 11) is 0. The molecule has 7 nitrogen and oxygen atoms in total. The number of carbonyl (C=O) groups is 3. The largest absolute Gasteiger partial charge is 0.478 e. The molecule has 0 aromatic heterocycles. The number of carboxylic acid groups (broad SMARTS) is 1. The van der Waals surface area contributed by atoms with Crippen LogP contribution in [0.25, 0.3) is 0 Å². The first-order chi connectivity index (χ1) is 12.2. The molecule has 1 fully saturated rings. The predicted octanol–water partition coefficient (Wildman–Crippen LogP) is 2.59. The first-order valence-electron chi connectivity index (χ1n) is 8.50. The summed E-state index contributed by atoms with van der Waals surface area (Å²) in [6.07, 6.45) is -1.61. The smallest absolute Gasteiger partial charge is 0.335 e. The van der Waals surface area contributed by atoms with Gasteiger partial charge in [-0.1, -0.05) is 26.0 Å². The van der Waals surface area contributed by atoms with Gasteiger partial charge in [0.1, 0.15) is 18.8 Å². The van der Waals surface area contributed by atoms with Gasteiger partial charge in [-0.25, -0.2) is 4.79 Å². The molecule has 142 valence electrons. The van der Waals surface area contributed by atoms with Crippen molar-refractivity contribution in [1.82, 2.24) is 0 Å². The van der Waals surface area contributed by atoms with Crippen LogP contribution in [0.5, 0.6) is 0 Å². The van der Waals surface area contributed by atoms with E-state index in [-0.39, 0.29) is 30.1 Å². The molecule has 0 bridgehead atoms. The number of hydrogen-bond acceptors (Lipinski definition) is 6. The Labute approximate surface area is 152 Å². The first-order valence-corrected chi connectivity index (χ1v) is 8.50. The molecule has 0 spiro atoms. The van der Waals surface area contributed by atoms with E-state index in [1.54, 1.807) is 12.1 Å². The van der Waals surface area contributed by atoms with E-state index in [0.29, 0.717) is 5.56 Å². The van der Waals surface area contributed by atoms with Crippen LogP contribution in [0.4, 0.5) is 0 Å². The number of esters is 2. The lowest BCUT2D eigenvalue weighted by Crippen LogP contribution is -2.48. The maximum absolute atomic E-state index is 11.6. The van der Waals surface area contributed by atoms with Crippen LogP contribution in [-0.4, -0.2) is 41.8 Å². The Balaban J connectivity index is 2.35. The molecule has 0 amide bonds. The lowest BCUT2D eigenvalue weighted by atomic mass is 9.79. The number of carbonyl (C=O) groups excluding carboxylic acids is 2. The van der Waals surface area contributed by atoms with Gasteiger partial charge in [0, 0.05) is 19.8 Å². The number of rotatable bonds is 5. The highest BCUT2D eigenvalue weighted by atomic mass is 16.6. The third-order valence-electron chi connectivity index (χ3n) is 4.77. The van der Waals surface area contributed by atoms with E-state index in [2.05, 4.69) is 0 Å². The minimum Gasteiger partial charge on any atom is -0.478 e. The van der Waals surface area contributed by atoms with E-state index in [1.807, 2.05) is 13.8 Å². The molecule has 5 atom stereocenters. The zero-order valence-electron chi connectivity index (χ0n) is 15.3. The van der Waals surface area contributed by atoms with Crippen LogP contribution in [0.2, 0.25) is 0 Å². The molecule has 0 radical (unpaired) electrons. The Morgan fingerprint density at radius 2 is 1.81 bits per heavy atom. The maximum Gasteiger partial charge on any atom is 0.335 e. The fraction of sp³-hybridized carbons (Fsp3) is 0.526. The first kappa shape index (κ1) is 19.9. The Morgan fingerprint density at radius 3 is 2.38 bits per heavy atom. The number of hydrogen-bond donors (Lipinski definition) is 1. The van der Waals surface area contributed by atoms with Crippen molar-refractivity contribution in [2.45, 2.75) is 46.0 Å². The molecule has 26 heavy (non-hydrogen) atoms. The highest BCUT2D eigenvalue weighted by Crippen LogP contribution is 2.40. The van der Waals surface area contributed by atoms with Crippen molar-refractivity contribution in [3.63, 3.8) is 0 Å². The standard InChI is InChI=1S/C19H24O7/c1-10-11(2)17(25-13(4)21)18(26-16(10)9-24-12(3)20)14-6-5-7-15(8-14)19(22)23/h5-8,10-11,16-18H,9H2,1-4H3,(H,22,23)/t10-,11-,16+,17-,18+/m0/s1. The summed E-state index contributed by atoms with van der Waals surface area (Å²) in [5, 5.41) is 9.23. The van der Waals surface area contributed by atoms with Crippen molar-refractivity contribution in [2.75, 3.05) is 6.61 Å². The molecular weight excluding hydrogens is 340 g/mol. The maximum atomic E-state index is 11.6. The van der Waals surface area contributed by atoms with Gasteiger partial charge in [-0.15, -0.1) is 0 Å². The number of ether oxygens (including phenoxy) is 3. The molecule has 0 unspecified atom stereocenters. The van der Waals surface area contributed by atoms with Crippen LogP contribution < -0.4 is 0 Å². The molecule has 1 N–H and O–H groups in total. The van der Waals surface area contributed by atoms with Crippen molar-refractivity contribution < 1.29 is 33.7 Å². The fourth-order valence-corrected chi connectivity index (χ4v) is 3.17. The molecular formula is C19H24O7. The summed E-state index contributed by atoms with van der Waals surface area (Å²) in [5.74, 6) is -2.00. The molecule has 1 aliphatic rings. The van der Waals surface area contributed by atoms with E-state index in [1.165, 1.54) is 26.0 Å². The zero-order valence-corrected chi connectivity index (χ0v) is 15.3. The molecule has 0 saturated carbocycles. The minimum absolute atomic E-state index is 0.0300. The summed E-state index contributed by atoms with van der Waals surface area (Å²) in [5.41, 5.74) is 0.721. The van der Waals surface area contributed by atoms with Gasteiger partial charge in [0.05, 0.1) is 11.7 Å². The van der Waals surface area contributed by atoms with Crippen molar-refractivity contribution in [2.24, 2.45) is 11.8 Å². The Kier molecular flexibility index (Phi) is 6.37. The van der Waals surface area contributed by atoms with Gasteiger partial charge >= 0.3 is 17.9 Å². The van der Waals surface area contributed by atoms with Gasteiger partial charge in [0.25, 0.3) is 0 Å². The quantitative estimate of drug-likeness (QED) is 0.802. The van der Waals surface area contributed by atoms with Crippen molar-refractivity contribution in [3.8, 4) is 0 Å². The Hall–Kier alpha value is -2.41. The molecule has 1 aromatic rings. The van der Waals surface area contributed by atoms with Gasteiger partial charge in [-0.05, 0) is 23.6 Å². The van der Waals surface area contributed by atoms with E-state index < -0.39 is 30.1 Å². The van der Waals surface area contributed by atoms with Crippen LogP contribution in [-0.2, 0) is 23.8 Å². The molecule has 0 aliphatic carbocycles. The number of aromatic carboxylic acids is 1. The van der Waals surface area contributed by atoms with Crippen LogP contribution >= 0.6 is 0 Å². The van der Waals surface area contributed by atoms with Gasteiger partial charge < -0.3 is 19.3 Å². The number of carboxylic acids is 1. The fourth-order valence-electron chi connectivity index (χ4n) is 3.17. The highest BCUT2D eigenvalue weighted by molar-refractivity contribution is 5.87. The molecule has 7 heteroatoms. The summed E-state index contributed by atoms with van der Waals surface area (Å²) < 4.78 is 16.7. The van der Waals surface area contributed by atoms with Gasteiger partial charge in [-0.3, -0.25) is 9.59 Å². The normalized spacial score (nSPS) is 28.2. The van der Waals surface area contributed by atoms with E-state index >= 15 is 0 Å². The van der Waals surface area contributed by atoms with Gasteiger partial charge in [0.15, 0.2) is 0 Å². The monoisotopic (exact) mass is 364 g/mol. The molecule has 1 aliphatic heterocycles. The van der Waals surface area contributed by atoms with E-state index in [4.69, 9.17) is 14.2 Å². The molecule has 1 heterocycles. The summed E-state index contributed by atoms with van der Waals surface area (Å²) in [6, 6.07) is 6.35. The minimum atomic E-state index is -1.05. The highest BCUT2D eigenvalue weighted by Gasteiger charge is 2.44. The van der Waals surface area contributed by atoms with Crippen LogP contribution in [0.1, 0.15) is 49.7 Å². The summed E-state index contributed by atoms with van der Waals surface area (Å²) in [6.45, 7) is 6.62. The van der Waals surface area contributed by atoms with Gasteiger partial charge in [-0.2, -0.15) is 0 Å². The average molecular weight is 364 g/mol. The second kappa shape index (κ2) is 8.31. The van der Waals surface area contributed by atoms with Gasteiger partial charge in [0.2, 0.25) is 0 Å². The second-order valence-electron chi connectivity index (χ2n) is 6.62. The Bertz CT molecular complexity index is 682. The van der Waals surface area contributed by atoms with Crippen LogP contribution in [0, 0.1) is 11.8 Å². The van der Waals surface area contributed by atoms with E-state index in [9.17, 15) is 19.5 Å². The summed E-state index contributed by atoms with van der Waals surface area (Å²) >= 11 is 0. The lowest BCUT2D eigenvalue weighted by molar-refractivity contribution is -0.205. The predicted molar refractivity (Wildman–Crippen MR) is 91.5 cm³/mol. The van der Waals surface area contributed by atoms with Crippen molar-refractivity contribution in [1.29, 1.82) is 0 Å². The van der Waals surface area contributed by atoms with Crippen molar-refractivity contribution >= 4 is 17.9 Å². The SMILES string of the molecule is CC(=O)OC[C@H]1O[C@H](c2cccc(C(=O)O)c2)[C@@H](OC(C)=O)[C@@H](C)[C@@H]1C. The van der Waals surface area contributed by atoms with Crippen molar-refractivity contribution in [3.05, 3.63) is 35.4 Å². The Morgan fingerprint density at radius 1 is 1.12 bits per heavy atom. The average Bonchev–Trinajstić information content (AvgIpc) is 2.58. The van der Waals surface area contributed by atoms with Crippen LogP contribution in [0.3, 0.4) is 0 Å². The third-order valence-corrected chi connectivity index (χ3v) is 4.77. The van der Waals surface area contributed by atoms with Crippen LogP contribution in [0.15, 0.2) is 24.3 Å². The van der Waals surface area contributed by atoms with E-state index in [0.717, 1.165) is 0 Å². The zero-order chi connectivity index (χ0) is 19.4. The number of benzene rings is 1. The molecule has 2 rings (SSSR count). The third kappa shape index (κ3) is 4.60. The second-order valence-corrected chi connectivity index (χ2v) is 6.62. The lowest BCUT2D eigenvalue weighted by Gasteiger charge is -2.44.